The number of anilines is 1. The van der Waals surface area contributed by atoms with Crippen molar-refractivity contribution in [3.8, 4) is 0 Å². The fraction of sp³-hybridized carbons (Fsp3) is 0.812. The van der Waals surface area contributed by atoms with Crippen LogP contribution in [0.25, 0.3) is 0 Å². The minimum atomic E-state index is 0.400. The molecule has 0 aliphatic carbocycles. The van der Waals surface area contributed by atoms with Gasteiger partial charge in [-0.25, -0.2) is 4.98 Å². The van der Waals surface area contributed by atoms with Gasteiger partial charge >= 0.3 is 0 Å². The van der Waals surface area contributed by atoms with Crippen LogP contribution in [0.2, 0.25) is 0 Å². The first-order valence-electron chi connectivity index (χ1n) is 8.22. The molecule has 1 aliphatic heterocycles. The molecule has 1 N–H and O–H groups in total. The van der Waals surface area contributed by atoms with Crippen molar-refractivity contribution in [1.29, 1.82) is 0 Å². The van der Waals surface area contributed by atoms with E-state index in [4.69, 9.17) is 4.98 Å². The molecule has 2 rings (SSSR count). The van der Waals surface area contributed by atoms with Gasteiger partial charge in [-0.05, 0) is 39.8 Å². The van der Waals surface area contributed by atoms with E-state index in [1.807, 2.05) is 11.3 Å². The van der Waals surface area contributed by atoms with Gasteiger partial charge in [0.25, 0.3) is 0 Å². The molecule has 0 radical (unpaired) electrons. The summed E-state index contributed by atoms with van der Waals surface area (Å²) in [6.07, 6.45) is 2.50. The highest BCUT2D eigenvalue weighted by Crippen LogP contribution is 2.32. The van der Waals surface area contributed by atoms with Gasteiger partial charge < -0.3 is 15.1 Å². The molecule has 1 unspecified atom stereocenters. The molecule has 5 heteroatoms. The zero-order valence-electron chi connectivity index (χ0n) is 14.1. The maximum Gasteiger partial charge on any atom is 0.185 e. The Morgan fingerprint density at radius 1 is 1.38 bits per heavy atom. The predicted octanol–water partition coefficient (Wildman–Crippen LogP) is 3.04. The van der Waals surface area contributed by atoms with Gasteiger partial charge in [0.15, 0.2) is 5.13 Å². The van der Waals surface area contributed by atoms with Crippen LogP contribution in [-0.2, 0) is 0 Å². The molecule has 1 aromatic heterocycles. The molecule has 0 aromatic carbocycles. The number of piperidine rings is 1. The summed E-state index contributed by atoms with van der Waals surface area (Å²) in [4.78, 5) is 11.1. The van der Waals surface area contributed by atoms with Gasteiger partial charge in [-0.1, -0.05) is 13.8 Å². The molecule has 0 spiro atoms. The lowest BCUT2D eigenvalue weighted by Crippen LogP contribution is -2.43. The van der Waals surface area contributed by atoms with Crippen LogP contribution < -0.4 is 10.2 Å². The fourth-order valence-corrected chi connectivity index (χ4v) is 4.25. The third-order valence-corrected chi connectivity index (χ3v) is 6.01. The summed E-state index contributed by atoms with van der Waals surface area (Å²) in [6, 6.07) is 1.04. The maximum absolute atomic E-state index is 4.82. The summed E-state index contributed by atoms with van der Waals surface area (Å²) in [6.45, 7) is 13.4. The normalized spacial score (nSPS) is 18.9. The van der Waals surface area contributed by atoms with Gasteiger partial charge in [-0.3, -0.25) is 0 Å². The maximum atomic E-state index is 4.82. The Labute approximate surface area is 133 Å². The van der Waals surface area contributed by atoms with E-state index in [-0.39, 0.29) is 0 Å². The summed E-state index contributed by atoms with van der Waals surface area (Å²) < 4.78 is 0. The van der Waals surface area contributed by atoms with Crippen LogP contribution in [0.15, 0.2) is 0 Å². The molecular formula is C16H30N4S. The second-order valence-corrected chi connectivity index (χ2v) is 7.01. The molecule has 0 amide bonds. The number of nitrogens with one attached hydrogen (secondary N) is 1. The molecule has 0 bridgehead atoms. The summed E-state index contributed by atoms with van der Waals surface area (Å²) in [5.74, 6) is 0. The van der Waals surface area contributed by atoms with Gasteiger partial charge in [0.05, 0.1) is 5.69 Å². The number of hydrogen-bond acceptors (Lipinski definition) is 5. The van der Waals surface area contributed by atoms with Crippen LogP contribution in [0.3, 0.4) is 0 Å². The predicted molar refractivity (Wildman–Crippen MR) is 92.5 cm³/mol. The highest BCUT2D eigenvalue weighted by molar-refractivity contribution is 7.15. The number of hydrogen-bond donors (Lipinski definition) is 1. The van der Waals surface area contributed by atoms with Gasteiger partial charge in [0.1, 0.15) is 0 Å². The molecule has 21 heavy (non-hydrogen) atoms. The van der Waals surface area contributed by atoms with Crippen molar-refractivity contribution >= 4 is 16.5 Å². The second kappa shape index (κ2) is 7.56. The average Bonchev–Trinajstić information content (AvgIpc) is 2.89. The van der Waals surface area contributed by atoms with Crippen LogP contribution in [0, 0.1) is 6.92 Å². The Bertz CT molecular complexity index is 437. The zero-order chi connectivity index (χ0) is 15.4. The highest BCUT2D eigenvalue weighted by Gasteiger charge is 2.24. The van der Waals surface area contributed by atoms with Crippen molar-refractivity contribution in [3.05, 3.63) is 10.6 Å². The number of nitrogens with zero attached hydrogens (tertiary/aromatic N) is 3. The molecule has 120 valence electrons. The van der Waals surface area contributed by atoms with E-state index < -0.39 is 0 Å². The molecule has 2 heterocycles. The van der Waals surface area contributed by atoms with Crippen molar-refractivity contribution in [2.75, 3.05) is 38.1 Å². The molecule has 1 fully saturated rings. The number of aryl methyl sites for hydroxylation is 1. The van der Waals surface area contributed by atoms with E-state index >= 15 is 0 Å². The second-order valence-electron chi connectivity index (χ2n) is 6.00. The lowest BCUT2D eigenvalue weighted by atomic mass is 10.0. The smallest absolute Gasteiger partial charge is 0.185 e. The third kappa shape index (κ3) is 3.96. The Hall–Kier alpha value is -0.650. The number of likely N-dealkylation sites (tertiary alicyclic amines) is 1. The van der Waals surface area contributed by atoms with Crippen LogP contribution >= 0.6 is 11.3 Å². The highest BCUT2D eigenvalue weighted by atomic mass is 32.1. The minimum absolute atomic E-state index is 0.400. The summed E-state index contributed by atoms with van der Waals surface area (Å²) >= 11 is 1.85. The summed E-state index contributed by atoms with van der Waals surface area (Å²) in [5, 5.41) is 4.68. The molecule has 1 saturated heterocycles. The molecule has 4 nitrogen and oxygen atoms in total. The molecule has 1 aromatic rings. The monoisotopic (exact) mass is 310 g/mol. The largest absolute Gasteiger partial charge is 0.348 e. The van der Waals surface area contributed by atoms with E-state index in [0.29, 0.717) is 12.1 Å². The van der Waals surface area contributed by atoms with Gasteiger partial charge in [0.2, 0.25) is 0 Å². The van der Waals surface area contributed by atoms with Crippen LogP contribution in [0.5, 0.6) is 0 Å². The van der Waals surface area contributed by atoms with Crippen molar-refractivity contribution in [2.45, 2.75) is 52.6 Å². The Morgan fingerprint density at radius 2 is 2.05 bits per heavy atom. The van der Waals surface area contributed by atoms with Crippen LogP contribution in [0.1, 0.15) is 50.2 Å². The first kappa shape index (κ1) is 16.7. The lowest BCUT2D eigenvalue weighted by Gasteiger charge is -2.36. The Morgan fingerprint density at radius 3 is 2.62 bits per heavy atom. The Balaban J connectivity index is 2.03. The lowest BCUT2D eigenvalue weighted by molar-refractivity contribution is 0.221. The van der Waals surface area contributed by atoms with Crippen molar-refractivity contribution in [1.82, 2.24) is 15.2 Å². The van der Waals surface area contributed by atoms with E-state index in [2.05, 4.69) is 49.9 Å². The van der Waals surface area contributed by atoms with E-state index in [0.717, 1.165) is 6.54 Å². The molecule has 0 saturated carbocycles. The van der Waals surface area contributed by atoms with Gasteiger partial charge in [-0.15, -0.1) is 11.3 Å². The first-order chi connectivity index (χ1) is 10.1. The third-order valence-electron chi connectivity index (χ3n) is 4.58. The minimum Gasteiger partial charge on any atom is -0.348 e. The first-order valence-corrected chi connectivity index (χ1v) is 9.04. The quantitative estimate of drug-likeness (QED) is 0.875. The van der Waals surface area contributed by atoms with E-state index in [1.54, 1.807) is 0 Å². The summed E-state index contributed by atoms with van der Waals surface area (Å²) in [5.41, 5.74) is 1.18. The topological polar surface area (TPSA) is 31.4 Å². The zero-order valence-corrected chi connectivity index (χ0v) is 15.0. The van der Waals surface area contributed by atoms with E-state index in [9.17, 15) is 0 Å². The molecule has 1 atom stereocenters. The number of rotatable bonds is 6. The van der Waals surface area contributed by atoms with Gasteiger partial charge in [-0.2, -0.15) is 0 Å². The standard InChI is InChI=1S/C16H30N4S/c1-6-17-12(3)15-13(4)18-16(21-15)19(5)14-8-10-20(7-2)11-9-14/h12,14,17H,6-11H2,1-5H3. The summed E-state index contributed by atoms with van der Waals surface area (Å²) in [7, 11) is 2.21. The number of aromatic nitrogens is 1. The van der Waals surface area contributed by atoms with Crippen molar-refractivity contribution in [2.24, 2.45) is 0 Å². The van der Waals surface area contributed by atoms with Crippen molar-refractivity contribution in [3.63, 3.8) is 0 Å². The van der Waals surface area contributed by atoms with Crippen molar-refractivity contribution < 1.29 is 0 Å². The number of thiazole rings is 1. The average molecular weight is 311 g/mol. The molecular weight excluding hydrogens is 280 g/mol. The van der Waals surface area contributed by atoms with E-state index in [1.165, 1.54) is 48.2 Å². The molecule has 1 aliphatic rings. The van der Waals surface area contributed by atoms with Crippen LogP contribution in [0.4, 0.5) is 5.13 Å². The SMILES string of the molecule is CCNC(C)c1sc(N(C)C2CCN(CC)CC2)nc1C. The van der Waals surface area contributed by atoms with Crippen LogP contribution in [-0.4, -0.2) is 49.2 Å². The van der Waals surface area contributed by atoms with Gasteiger partial charge in [0, 0.05) is 37.1 Å². The Kier molecular flexibility index (Phi) is 6.02. The fourth-order valence-electron chi connectivity index (χ4n) is 3.12.